The first-order valence-corrected chi connectivity index (χ1v) is 6.32. The van der Waals surface area contributed by atoms with Crippen LogP contribution in [0.5, 0.6) is 0 Å². The SMILES string of the molecule is COCCCC(CC1CCCCC1)NN. The average molecular weight is 214 g/mol. The van der Waals surface area contributed by atoms with Crippen LogP contribution in [-0.4, -0.2) is 19.8 Å². The second-order valence-electron chi connectivity index (χ2n) is 4.74. The second-order valence-corrected chi connectivity index (χ2v) is 4.74. The highest BCUT2D eigenvalue weighted by molar-refractivity contribution is 4.73. The quantitative estimate of drug-likeness (QED) is 0.388. The Balaban J connectivity index is 2.13. The van der Waals surface area contributed by atoms with Crippen molar-refractivity contribution in [1.82, 2.24) is 5.43 Å². The Morgan fingerprint density at radius 1 is 1.33 bits per heavy atom. The van der Waals surface area contributed by atoms with Crippen LogP contribution in [0.1, 0.15) is 51.4 Å². The molecule has 0 saturated heterocycles. The average Bonchev–Trinajstić information content (AvgIpc) is 2.29. The number of methoxy groups -OCH3 is 1. The molecule has 0 aromatic heterocycles. The summed E-state index contributed by atoms with van der Waals surface area (Å²) in [6.07, 6.45) is 10.6. The standard InChI is InChI=1S/C12H26N2O/c1-15-9-5-8-12(14-13)10-11-6-3-2-4-7-11/h11-12,14H,2-10,13H2,1H3. The molecule has 1 unspecified atom stereocenters. The van der Waals surface area contributed by atoms with Crippen LogP contribution in [0, 0.1) is 5.92 Å². The van der Waals surface area contributed by atoms with E-state index in [4.69, 9.17) is 10.6 Å². The van der Waals surface area contributed by atoms with Gasteiger partial charge in [0.15, 0.2) is 0 Å². The zero-order valence-electron chi connectivity index (χ0n) is 10.0. The molecule has 1 aliphatic carbocycles. The van der Waals surface area contributed by atoms with Gasteiger partial charge in [0, 0.05) is 19.8 Å². The molecule has 0 aromatic rings. The first-order valence-electron chi connectivity index (χ1n) is 6.32. The van der Waals surface area contributed by atoms with Crippen molar-refractivity contribution in [3.63, 3.8) is 0 Å². The summed E-state index contributed by atoms with van der Waals surface area (Å²) in [7, 11) is 1.76. The van der Waals surface area contributed by atoms with Gasteiger partial charge in [0.25, 0.3) is 0 Å². The van der Waals surface area contributed by atoms with Gasteiger partial charge in [0.1, 0.15) is 0 Å². The molecule has 0 radical (unpaired) electrons. The molecule has 15 heavy (non-hydrogen) atoms. The predicted molar refractivity (Wildman–Crippen MR) is 63.4 cm³/mol. The Morgan fingerprint density at radius 3 is 2.67 bits per heavy atom. The minimum Gasteiger partial charge on any atom is -0.385 e. The molecule has 1 rings (SSSR count). The molecular weight excluding hydrogens is 188 g/mol. The summed E-state index contributed by atoms with van der Waals surface area (Å²) in [5, 5.41) is 0. The lowest BCUT2D eigenvalue weighted by molar-refractivity contribution is 0.184. The molecule has 1 saturated carbocycles. The van der Waals surface area contributed by atoms with Crippen LogP contribution in [0.15, 0.2) is 0 Å². The van der Waals surface area contributed by atoms with E-state index in [2.05, 4.69) is 5.43 Å². The van der Waals surface area contributed by atoms with Gasteiger partial charge in [-0.2, -0.15) is 0 Å². The number of hydrogen-bond acceptors (Lipinski definition) is 3. The number of nitrogens with one attached hydrogen (secondary N) is 1. The molecule has 0 bridgehead atoms. The zero-order chi connectivity index (χ0) is 10.9. The summed E-state index contributed by atoms with van der Waals surface area (Å²) in [6, 6.07) is 0.489. The molecule has 0 spiro atoms. The number of hydrazine groups is 1. The molecule has 1 atom stereocenters. The van der Waals surface area contributed by atoms with Gasteiger partial charge in [0.2, 0.25) is 0 Å². The predicted octanol–water partition coefficient (Wildman–Crippen LogP) is 2.22. The molecule has 3 N–H and O–H groups in total. The van der Waals surface area contributed by atoms with Crippen LogP contribution in [0.2, 0.25) is 0 Å². The fourth-order valence-corrected chi connectivity index (χ4v) is 2.57. The van der Waals surface area contributed by atoms with Crippen molar-refractivity contribution in [3.05, 3.63) is 0 Å². The van der Waals surface area contributed by atoms with Gasteiger partial charge in [-0.1, -0.05) is 32.1 Å². The van der Waals surface area contributed by atoms with Gasteiger partial charge >= 0.3 is 0 Å². The van der Waals surface area contributed by atoms with E-state index < -0.39 is 0 Å². The van der Waals surface area contributed by atoms with Gasteiger partial charge in [0.05, 0.1) is 0 Å². The number of hydrogen-bond donors (Lipinski definition) is 2. The molecule has 90 valence electrons. The van der Waals surface area contributed by atoms with Crippen molar-refractivity contribution in [3.8, 4) is 0 Å². The Kier molecular flexibility index (Phi) is 6.98. The Morgan fingerprint density at radius 2 is 2.07 bits per heavy atom. The Bertz CT molecular complexity index is 147. The van der Waals surface area contributed by atoms with Crippen LogP contribution in [0.4, 0.5) is 0 Å². The molecule has 3 nitrogen and oxygen atoms in total. The van der Waals surface area contributed by atoms with Crippen LogP contribution in [0.25, 0.3) is 0 Å². The zero-order valence-corrected chi connectivity index (χ0v) is 10.0. The summed E-state index contributed by atoms with van der Waals surface area (Å²) < 4.78 is 5.06. The topological polar surface area (TPSA) is 47.3 Å². The summed E-state index contributed by atoms with van der Waals surface area (Å²) in [6.45, 7) is 0.850. The van der Waals surface area contributed by atoms with Crippen molar-refractivity contribution in [1.29, 1.82) is 0 Å². The minimum atomic E-state index is 0.489. The van der Waals surface area contributed by atoms with Crippen molar-refractivity contribution < 1.29 is 4.74 Å². The molecule has 3 heteroatoms. The van der Waals surface area contributed by atoms with Crippen LogP contribution < -0.4 is 11.3 Å². The third kappa shape index (κ3) is 5.50. The van der Waals surface area contributed by atoms with Gasteiger partial charge in [-0.25, -0.2) is 0 Å². The highest BCUT2D eigenvalue weighted by Gasteiger charge is 2.17. The van der Waals surface area contributed by atoms with Crippen molar-refractivity contribution >= 4 is 0 Å². The molecular formula is C12H26N2O. The van der Waals surface area contributed by atoms with E-state index in [1.54, 1.807) is 7.11 Å². The third-order valence-corrected chi connectivity index (χ3v) is 3.48. The molecule has 1 fully saturated rings. The van der Waals surface area contributed by atoms with Gasteiger partial charge in [-0.05, 0) is 25.2 Å². The van der Waals surface area contributed by atoms with E-state index in [-0.39, 0.29) is 0 Å². The first kappa shape index (κ1) is 12.9. The van der Waals surface area contributed by atoms with Crippen molar-refractivity contribution in [2.75, 3.05) is 13.7 Å². The lowest BCUT2D eigenvalue weighted by atomic mass is 9.84. The first-order chi connectivity index (χ1) is 7.36. The van der Waals surface area contributed by atoms with Crippen molar-refractivity contribution in [2.45, 2.75) is 57.4 Å². The van der Waals surface area contributed by atoms with E-state index in [1.807, 2.05) is 0 Å². The molecule has 0 aliphatic heterocycles. The third-order valence-electron chi connectivity index (χ3n) is 3.48. The second kappa shape index (κ2) is 8.08. The van der Waals surface area contributed by atoms with Crippen LogP contribution >= 0.6 is 0 Å². The highest BCUT2D eigenvalue weighted by Crippen LogP contribution is 2.27. The summed E-state index contributed by atoms with van der Waals surface area (Å²) in [5.41, 5.74) is 2.95. The van der Waals surface area contributed by atoms with Crippen LogP contribution in [-0.2, 0) is 4.74 Å². The molecule has 0 heterocycles. The number of ether oxygens (including phenoxy) is 1. The maximum Gasteiger partial charge on any atom is 0.0462 e. The molecule has 0 aromatic carbocycles. The lowest BCUT2D eigenvalue weighted by Crippen LogP contribution is -2.37. The fraction of sp³-hybridized carbons (Fsp3) is 1.00. The molecule has 0 amide bonds. The summed E-state index contributed by atoms with van der Waals surface area (Å²) in [5.74, 6) is 6.49. The van der Waals surface area contributed by atoms with E-state index in [9.17, 15) is 0 Å². The minimum absolute atomic E-state index is 0.489. The maximum atomic E-state index is 5.58. The largest absolute Gasteiger partial charge is 0.385 e. The highest BCUT2D eigenvalue weighted by atomic mass is 16.5. The lowest BCUT2D eigenvalue weighted by Gasteiger charge is -2.26. The normalized spacial score (nSPS) is 20.4. The Hall–Kier alpha value is -0.120. The van der Waals surface area contributed by atoms with Gasteiger partial charge in [-0.3, -0.25) is 11.3 Å². The summed E-state index contributed by atoms with van der Waals surface area (Å²) in [4.78, 5) is 0. The fourth-order valence-electron chi connectivity index (χ4n) is 2.57. The summed E-state index contributed by atoms with van der Waals surface area (Å²) >= 11 is 0. The number of nitrogens with two attached hydrogens (primary N) is 1. The Labute approximate surface area is 93.7 Å². The van der Waals surface area contributed by atoms with Crippen LogP contribution in [0.3, 0.4) is 0 Å². The van der Waals surface area contributed by atoms with E-state index >= 15 is 0 Å². The monoisotopic (exact) mass is 214 g/mol. The van der Waals surface area contributed by atoms with E-state index in [0.717, 1.165) is 25.4 Å². The van der Waals surface area contributed by atoms with Gasteiger partial charge < -0.3 is 4.74 Å². The smallest absolute Gasteiger partial charge is 0.0462 e. The maximum absolute atomic E-state index is 5.58. The molecule has 1 aliphatic rings. The number of rotatable bonds is 7. The van der Waals surface area contributed by atoms with Crippen molar-refractivity contribution in [2.24, 2.45) is 11.8 Å². The van der Waals surface area contributed by atoms with E-state index in [1.165, 1.54) is 38.5 Å². The van der Waals surface area contributed by atoms with E-state index in [0.29, 0.717) is 6.04 Å². The van der Waals surface area contributed by atoms with Gasteiger partial charge in [-0.15, -0.1) is 0 Å².